The Morgan fingerprint density at radius 2 is 0.525 bits per heavy atom. The molecule has 0 aliphatic carbocycles. The van der Waals surface area contributed by atoms with Gasteiger partial charge in [-0.25, -0.2) is 28.0 Å². The van der Waals surface area contributed by atoms with Crippen LogP contribution in [0, 0.1) is 0 Å². The first-order valence-corrected chi connectivity index (χ1v) is 19.5. The topological polar surface area (TPSA) is 44.2 Å². The van der Waals surface area contributed by atoms with Crippen LogP contribution in [0.1, 0.15) is 83.1 Å². The molecule has 40 heavy (non-hydrogen) atoms. The number of hydrogen-bond donors (Lipinski definition) is 0. The fourth-order valence-electron chi connectivity index (χ4n) is 5.29. The highest BCUT2D eigenvalue weighted by Crippen LogP contribution is 2.66. The summed E-state index contributed by atoms with van der Waals surface area (Å²) in [6.07, 6.45) is 0. The molecule has 0 saturated carbocycles. The van der Waals surface area contributed by atoms with Crippen LogP contribution in [0.5, 0.6) is 0 Å². The first-order chi connectivity index (χ1) is 18.8. The molecule has 0 aliphatic heterocycles. The zero-order chi connectivity index (χ0) is 31.6. The molecule has 0 bridgehead atoms. The van der Waals surface area contributed by atoms with Crippen LogP contribution in [0.2, 0.25) is 0 Å². The van der Waals surface area contributed by atoms with Crippen molar-refractivity contribution in [2.45, 2.75) is 83.1 Å². The van der Waals surface area contributed by atoms with Crippen molar-refractivity contribution in [1.29, 1.82) is 0 Å². The van der Waals surface area contributed by atoms with Gasteiger partial charge in [-0.2, -0.15) is 0 Å². The van der Waals surface area contributed by atoms with Crippen LogP contribution in [-0.2, 0) is 0 Å². The lowest BCUT2D eigenvalue weighted by Gasteiger charge is -2.47. The molecule has 0 aliphatic rings. The van der Waals surface area contributed by atoms with E-state index in [2.05, 4.69) is 111 Å². The molecule has 0 N–H and O–H groups in total. The molecule has 0 atom stereocenters. The van der Waals surface area contributed by atoms with E-state index in [-0.39, 0.29) is 0 Å². The van der Waals surface area contributed by atoms with Gasteiger partial charge in [0.25, 0.3) is 0 Å². The number of halogens is 4. The third-order valence-electron chi connectivity index (χ3n) is 7.07. The SMILES string of the molecule is CCN(CC)P(=N[PH2+]N=P(N(CC)CC)(N(CC)CC)N(CC)CC)(N(CC)CC)N(CC)CC.F[B-](F)(F)F. The number of rotatable bonds is 20. The zero-order valence-electron chi connectivity index (χ0n) is 27.6. The van der Waals surface area contributed by atoms with Crippen molar-refractivity contribution < 1.29 is 17.3 Å². The van der Waals surface area contributed by atoms with Gasteiger partial charge in [-0.05, 0) is 0 Å². The van der Waals surface area contributed by atoms with Crippen molar-refractivity contribution in [3.8, 4) is 0 Å². The Labute approximate surface area is 247 Å². The van der Waals surface area contributed by atoms with E-state index in [1.54, 1.807) is 0 Å². The molecular weight excluding hydrogens is 580 g/mol. The molecule has 0 rings (SSSR count). The van der Waals surface area contributed by atoms with Crippen molar-refractivity contribution in [2.24, 2.45) is 9.03 Å². The van der Waals surface area contributed by atoms with Gasteiger partial charge in [-0.3, -0.25) is 0 Å². The van der Waals surface area contributed by atoms with E-state index in [9.17, 15) is 17.3 Å². The lowest BCUT2D eigenvalue weighted by atomic mass is 10.3. The Morgan fingerprint density at radius 3 is 0.625 bits per heavy atom. The highest BCUT2D eigenvalue weighted by molar-refractivity contribution is 7.68. The van der Waals surface area contributed by atoms with Crippen molar-refractivity contribution in [3.05, 3.63) is 0 Å². The molecular formula is C24H62BF4N8P3. The third kappa shape index (κ3) is 11.5. The Morgan fingerprint density at radius 1 is 0.400 bits per heavy atom. The smallest absolute Gasteiger partial charge is 0.418 e. The monoisotopic (exact) mass is 642 g/mol. The maximum atomic E-state index is 9.75. The summed E-state index contributed by atoms with van der Waals surface area (Å²) in [4.78, 5) is 0. The molecule has 0 aromatic carbocycles. The van der Waals surface area contributed by atoms with E-state index in [0.29, 0.717) is 0 Å². The molecule has 0 heterocycles. The van der Waals surface area contributed by atoms with E-state index in [1.165, 1.54) is 0 Å². The minimum Gasteiger partial charge on any atom is -0.418 e. The fourth-order valence-corrected chi connectivity index (χ4v) is 17.2. The predicted octanol–water partition coefficient (Wildman–Crippen LogP) is 8.47. The Hall–Kier alpha value is 0.435. The fraction of sp³-hybridized carbons (Fsp3) is 1.00. The van der Waals surface area contributed by atoms with Gasteiger partial charge in [0.15, 0.2) is 0 Å². The molecule has 0 amide bonds. The van der Waals surface area contributed by atoms with Crippen LogP contribution in [0.3, 0.4) is 0 Å². The van der Waals surface area contributed by atoms with Gasteiger partial charge in [-0.1, -0.05) is 92.1 Å². The number of hydrogen-bond acceptors (Lipinski definition) is 2. The third-order valence-corrected chi connectivity index (χ3v) is 18.3. The standard InChI is InChI=1S/C24H61N8P3.BF4/c1-13-27(14-2)34(28(15-3)16-4,29(17-5)18-6)25-33-26-35(30(19-7)20-8,31(21-9)22-10)32(23-11)24-12;2-1(3,4)5/h33H,13-24H2,1-12H3;/q;-1/p+1. The molecule has 0 aromatic heterocycles. The average Bonchev–Trinajstić information content (AvgIpc) is 2.91. The molecule has 0 radical (unpaired) electrons. The molecule has 8 nitrogen and oxygen atoms in total. The van der Waals surface area contributed by atoms with Crippen molar-refractivity contribution >= 4 is 31.1 Å². The zero-order valence-corrected chi connectivity index (χ0v) is 30.6. The van der Waals surface area contributed by atoms with Crippen LogP contribution in [0.15, 0.2) is 9.03 Å². The van der Waals surface area contributed by atoms with Gasteiger partial charge in [0, 0.05) is 78.5 Å². The number of nitrogens with zero attached hydrogens (tertiary/aromatic N) is 8. The van der Waals surface area contributed by atoms with Crippen LogP contribution in [0.25, 0.3) is 0 Å². The lowest BCUT2D eigenvalue weighted by Crippen LogP contribution is -2.41. The van der Waals surface area contributed by atoms with Gasteiger partial charge in [0.1, 0.15) is 0 Å². The van der Waals surface area contributed by atoms with Crippen LogP contribution in [0.4, 0.5) is 17.3 Å². The summed E-state index contributed by atoms with van der Waals surface area (Å²) in [5, 5.41) is 0. The molecule has 0 aromatic rings. The highest BCUT2D eigenvalue weighted by Gasteiger charge is 2.41. The first kappa shape index (κ1) is 42.6. The molecule has 0 saturated heterocycles. The minimum atomic E-state index is -6.00. The summed E-state index contributed by atoms with van der Waals surface area (Å²) in [5.74, 6) is 0. The largest absolute Gasteiger partial charge is 0.673 e. The molecule has 244 valence electrons. The van der Waals surface area contributed by atoms with Crippen LogP contribution in [-0.4, -0.2) is 114 Å². The van der Waals surface area contributed by atoms with Crippen LogP contribution < -0.4 is 0 Å². The molecule has 0 fully saturated rings. The van der Waals surface area contributed by atoms with Crippen LogP contribution >= 0.6 is 23.9 Å². The first-order valence-electron chi connectivity index (χ1n) is 15.3. The van der Waals surface area contributed by atoms with Gasteiger partial charge in [-0.15, -0.1) is 0 Å². The van der Waals surface area contributed by atoms with Gasteiger partial charge in [0.05, 0.1) is 0 Å². The maximum absolute atomic E-state index is 9.75. The van der Waals surface area contributed by atoms with Gasteiger partial charge < -0.3 is 17.3 Å². The summed E-state index contributed by atoms with van der Waals surface area (Å²) in [7, 11) is -10.5. The Kier molecular flexibility index (Phi) is 23.4. The summed E-state index contributed by atoms with van der Waals surface area (Å²) in [5.41, 5.74) is 0. The Bertz CT molecular complexity index is 604. The van der Waals surface area contributed by atoms with Crippen molar-refractivity contribution in [1.82, 2.24) is 28.0 Å². The second-order valence-corrected chi connectivity index (χ2v) is 16.4. The van der Waals surface area contributed by atoms with E-state index in [4.69, 9.17) is 9.03 Å². The second-order valence-electron chi connectivity index (χ2n) is 8.75. The normalized spacial score (nSPS) is 13.2. The van der Waals surface area contributed by atoms with Gasteiger partial charge >= 0.3 is 7.25 Å². The quantitative estimate of drug-likeness (QED) is 0.0755. The van der Waals surface area contributed by atoms with E-state index in [1.807, 2.05) is 0 Å². The summed E-state index contributed by atoms with van der Waals surface area (Å²) in [6.45, 7) is 39.8. The van der Waals surface area contributed by atoms with Gasteiger partial charge in [0.2, 0.25) is 23.9 Å². The summed E-state index contributed by atoms with van der Waals surface area (Å²) < 4.78 is 66.5. The highest BCUT2D eigenvalue weighted by atomic mass is 31.2. The Balaban J connectivity index is 0. The molecule has 16 heteroatoms. The average molecular weight is 643 g/mol. The van der Waals surface area contributed by atoms with E-state index >= 15 is 0 Å². The van der Waals surface area contributed by atoms with Crippen molar-refractivity contribution in [3.63, 3.8) is 0 Å². The predicted molar refractivity (Wildman–Crippen MR) is 176 cm³/mol. The summed E-state index contributed by atoms with van der Waals surface area (Å²) in [6, 6.07) is 0. The van der Waals surface area contributed by atoms with Crippen molar-refractivity contribution in [2.75, 3.05) is 78.5 Å². The second kappa shape index (κ2) is 22.0. The minimum absolute atomic E-state index is 0.420. The maximum Gasteiger partial charge on any atom is 0.673 e. The lowest BCUT2D eigenvalue weighted by molar-refractivity contribution is 0.340. The molecule has 0 unspecified atom stereocenters. The van der Waals surface area contributed by atoms with E-state index < -0.39 is 31.1 Å². The van der Waals surface area contributed by atoms with E-state index in [0.717, 1.165) is 78.5 Å². The molecule has 0 spiro atoms. The summed E-state index contributed by atoms with van der Waals surface area (Å²) >= 11 is 0.